The van der Waals surface area contributed by atoms with E-state index < -0.39 is 200 Å². The van der Waals surface area contributed by atoms with Crippen molar-refractivity contribution >= 4 is 118 Å². The number of nitrogens with one attached hydrogen (secondary N) is 9. The lowest BCUT2D eigenvalue weighted by Gasteiger charge is -2.35. The highest BCUT2D eigenvalue weighted by atomic mass is 16.6. The molecule has 1 heterocycles. The van der Waals surface area contributed by atoms with Crippen molar-refractivity contribution in [1.82, 2.24) is 67.5 Å². The van der Waals surface area contributed by atoms with Crippen molar-refractivity contribution in [2.24, 2.45) is 0 Å². The number of unbranched alkanes of at least 4 members (excludes halogenated alkanes) is 1. The summed E-state index contributed by atoms with van der Waals surface area (Å²) in [5.41, 5.74) is 0.724. The highest BCUT2D eigenvalue weighted by molar-refractivity contribution is 5.96. The van der Waals surface area contributed by atoms with E-state index in [0.29, 0.717) is 11.1 Å². The zero-order chi connectivity index (χ0) is 87.7. The smallest absolute Gasteiger partial charge is 0.326 e. The Morgan fingerprint density at radius 2 is 0.807 bits per heavy atom. The Hall–Kier alpha value is -13.0. The topological polar surface area (TPSA) is 646 Å². The van der Waals surface area contributed by atoms with Gasteiger partial charge in [0.2, 0.25) is 41.4 Å². The van der Waals surface area contributed by atoms with Crippen molar-refractivity contribution in [2.45, 2.75) is 145 Å². The van der Waals surface area contributed by atoms with Crippen LogP contribution in [0.2, 0.25) is 0 Å². The van der Waals surface area contributed by atoms with Gasteiger partial charge in [-0.2, -0.15) is 0 Å². The molecule has 0 bridgehead atoms. The highest BCUT2D eigenvalue weighted by Gasteiger charge is 2.35. The van der Waals surface area contributed by atoms with Gasteiger partial charge in [-0.1, -0.05) is 66.7 Å². The number of non-ortho nitro benzene ring substituents is 1. The van der Waals surface area contributed by atoms with E-state index in [4.69, 9.17) is 0 Å². The summed E-state index contributed by atoms with van der Waals surface area (Å²) in [6.45, 7) is -2.19. The van der Waals surface area contributed by atoms with Crippen molar-refractivity contribution in [3.63, 3.8) is 0 Å². The number of rotatable bonds is 51. The number of aliphatic carboxylic acids is 8. The molecule has 1 aliphatic heterocycles. The van der Waals surface area contributed by atoms with Crippen LogP contribution in [-0.2, 0) is 101 Å². The average molecular weight is 1670 g/mol. The number of hydrogen-bond acceptors (Lipinski definition) is 25. The predicted molar refractivity (Wildman–Crippen MR) is 414 cm³/mol. The summed E-state index contributed by atoms with van der Waals surface area (Å²) in [5.74, 6) is -17.4. The van der Waals surface area contributed by atoms with Crippen molar-refractivity contribution in [1.29, 1.82) is 0 Å². The van der Waals surface area contributed by atoms with Gasteiger partial charge in [0.1, 0.15) is 54.1 Å². The predicted octanol–water partition coefficient (Wildman–Crippen LogP) is -1.70. The maximum Gasteiger partial charge on any atom is 0.326 e. The molecule has 648 valence electrons. The van der Waals surface area contributed by atoms with E-state index in [1.165, 1.54) is 56.0 Å². The molecule has 9 amide bonds. The monoisotopic (exact) mass is 1670 g/mol. The Kier molecular flexibility index (Phi) is 40.9. The normalized spacial score (nSPS) is 15.0. The minimum absolute atomic E-state index is 0.000490. The molecule has 8 atom stereocenters. The first kappa shape index (κ1) is 96.6. The van der Waals surface area contributed by atoms with Crippen LogP contribution in [0, 0.1) is 10.1 Å². The number of hydrogen-bond donors (Lipinski definition) is 18. The van der Waals surface area contributed by atoms with E-state index in [0.717, 1.165) is 22.9 Å². The molecule has 1 fully saturated rings. The Balaban J connectivity index is 1.25. The molecular formula is C76H100N14O29. The number of urea groups is 1. The minimum Gasteiger partial charge on any atom is -0.508 e. The number of carbonyl (C=O) groups excluding carboxylic acids is 9. The summed E-state index contributed by atoms with van der Waals surface area (Å²) in [6.07, 6.45) is -4.46. The van der Waals surface area contributed by atoms with Crippen LogP contribution in [0.3, 0.4) is 0 Å². The second-order valence-electron chi connectivity index (χ2n) is 28.0. The number of nitro groups is 1. The van der Waals surface area contributed by atoms with E-state index in [1.807, 2.05) is 16.7 Å². The Morgan fingerprint density at radius 1 is 0.412 bits per heavy atom. The van der Waals surface area contributed by atoms with Gasteiger partial charge < -0.3 is 98.5 Å². The number of phenolic OH excluding ortho intramolecular Hbond substituents is 1. The van der Waals surface area contributed by atoms with Crippen LogP contribution in [0.4, 0.5) is 10.5 Å². The lowest BCUT2D eigenvalue weighted by molar-refractivity contribution is -0.384. The maximum absolute atomic E-state index is 15.0. The quantitative estimate of drug-likeness (QED) is 0.0101. The summed E-state index contributed by atoms with van der Waals surface area (Å²) in [4.78, 5) is 234. The first-order chi connectivity index (χ1) is 56.5. The second kappa shape index (κ2) is 50.5. The third-order valence-electron chi connectivity index (χ3n) is 19.0. The lowest BCUT2D eigenvalue weighted by atomic mass is 9.99. The molecule has 119 heavy (non-hydrogen) atoms. The van der Waals surface area contributed by atoms with Gasteiger partial charge in [-0.25, -0.2) is 24.0 Å². The van der Waals surface area contributed by atoms with Crippen molar-refractivity contribution in [3.05, 3.63) is 118 Å². The first-order valence-electron chi connectivity index (χ1n) is 37.9. The number of amides is 9. The standard InChI is InChI=1S/C76H100N14O29/c91-45-119-37-26-56(74(112)113)85-76(116)84-55(73(110)111)20-22-63(95)79-53(71(106)107)9-5-28-78-62(94)25-24-61(93)77-27-4-3-8-54(72(108)109)81-69(104)59(41-48-10-15-49-6-1-2-7-50(49)38-48)83-70(105)58(40-47-13-18-52(92)19-14-47)82-68(103)57(39-46-11-16-51(17-12-46)90(117)118)80-64(96)23-21-60(75(114)115)89-35-33-87(43-66(99)100)31-29-86(42-65(97)98)30-32-88(34-36-89)44-67(101)102/h1-2,6-7,10-19,38,45,53-60,92H,3-5,8-9,20-37,39-44H2,(H,77,93)(H,78,94)(H,79,95)(H,80,96)(H,81,104)(H,82,103)(H,83,105)(H,97,98)(H,99,100)(H,101,102)(H,106,107)(H,108,109)(H,110,111)(H,112,113)(H,114,115)(H2,84,85,116)/t53?,54-,55+,56+,57+,58-,59-,60?/m1/s1. The van der Waals surface area contributed by atoms with Crippen LogP contribution in [-0.4, -0.2) is 312 Å². The molecular weight excluding hydrogens is 1570 g/mol. The van der Waals surface area contributed by atoms with Crippen LogP contribution in [0.1, 0.15) is 93.7 Å². The Bertz CT molecular complexity index is 4160. The van der Waals surface area contributed by atoms with Gasteiger partial charge in [-0.15, -0.1) is 0 Å². The van der Waals surface area contributed by atoms with Gasteiger partial charge in [0.25, 0.3) is 12.2 Å². The molecule has 4 aromatic rings. The summed E-state index contributed by atoms with van der Waals surface area (Å²) in [7, 11) is 0. The Labute approximate surface area is 680 Å². The fraction of sp³-hybridized carbons (Fsp3) is 0.487. The average Bonchev–Trinajstić information content (AvgIpc) is 0.830. The number of nitrogens with zero attached hydrogens (tertiary/aromatic N) is 5. The number of carboxylic acids is 8. The van der Waals surface area contributed by atoms with Gasteiger partial charge in [0, 0.05) is 129 Å². The molecule has 0 aliphatic carbocycles. The van der Waals surface area contributed by atoms with E-state index in [9.17, 15) is 133 Å². The molecule has 2 unspecified atom stereocenters. The number of fused-ring (bicyclic) bond motifs is 1. The largest absolute Gasteiger partial charge is 0.508 e. The van der Waals surface area contributed by atoms with E-state index >= 15 is 4.79 Å². The van der Waals surface area contributed by atoms with Crippen LogP contribution in [0.15, 0.2) is 91.0 Å². The van der Waals surface area contributed by atoms with Crippen LogP contribution < -0.4 is 47.9 Å². The molecule has 43 nitrogen and oxygen atoms in total. The van der Waals surface area contributed by atoms with Gasteiger partial charge in [-0.05, 0) is 84.5 Å². The number of carbonyl (C=O) groups is 17. The number of carboxylic acid groups (broad SMARTS) is 8. The van der Waals surface area contributed by atoms with E-state index in [1.54, 1.807) is 36.4 Å². The summed E-state index contributed by atoms with van der Waals surface area (Å²) in [5, 5.41) is 124. The van der Waals surface area contributed by atoms with E-state index in [-0.39, 0.29) is 160 Å². The zero-order valence-corrected chi connectivity index (χ0v) is 64.8. The van der Waals surface area contributed by atoms with E-state index in [2.05, 4.69) is 42.0 Å². The van der Waals surface area contributed by atoms with Crippen molar-refractivity contribution in [3.8, 4) is 5.75 Å². The third kappa shape index (κ3) is 36.8. The number of phenols is 1. The molecule has 18 N–H and O–H groups in total. The number of benzene rings is 4. The SMILES string of the molecule is O=COCC[C@H](NC(=O)N[C@@H](CCC(=O)NC(CCCNC(=O)CCC(=O)NCCCC[C@@H](NC(=O)[C@@H](Cc1ccc2ccccc2c1)NC(=O)[C@@H](Cc1ccc(O)cc1)NC(=O)[C@H](Cc1ccc([N+](=O)[O-])cc1)NC(=O)CCC(C(=O)O)N1CCN(CC(=O)O)CCN(CC(=O)O)CCN(CC(=O)O)CC1)C(=O)O)C(=O)O)C(=O)O)C(=O)O. The molecule has 1 saturated heterocycles. The van der Waals surface area contributed by atoms with Crippen molar-refractivity contribution in [2.75, 3.05) is 91.7 Å². The van der Waals surface area contributed by atoms with Crippen LogP contribution >= 0.6 is 0 Å². The molecule has 0 aromatic heterocycles. The molecule has 0 spiro atoms. The van der Waals surface area contributed by atoms with Gasteiger partial charge in [-0.3, -0.25) is 87.2 Å². The van der Waals surface area contributed by atoms with Gasteiger partial charge in [0.05, 0.1) is 31.2 Å². The highest BCUT2D eigenvalue weighted by Crippen LogP contribution is 2.21. The molecule has 0 saturated carbocycles. The summed E-state index contributed by atoms with van der Waals surface area (Å²) >= 11 is 0. The van der Waals surface area contributed by atoms with Crippen molar-refractivity contribution < 1.29 is 137 Å². The third-order valence-corrected chi connectivity index (χ3v) is 19.0. The summed E-state index contributed by atoms with van der Waals surface area (Å²) in [6, 6.07) is 8.60. The fourth-order valence-electron chi connectivity index (χ4n) is 12.6. The fourth-order valence-corrected chi connectivity index (χ4v) is 12.6. The maximum atomic E-state index is 15.0. The molecule has 0 radical (unpaired) electrons. The molecule has 5 rings (SSSR count). The van der Waals surface area contributed by atoms with Crippen LogP contribution in [0.25, 0.3) is 10.8 Å². The molecule has 43 heteroatoms. The number of ether oxygens (including phenoxy) is 1. The minimum atomic E-state index is -1.72. The summed E-state index contributed by atoms with van der Waals surface area (Å²) < 4.78 is 4.41. The number of aromatic hydroxyl groups is 1. The zero-order valence-electron chi connectivity index (χ0n) is 64.8. The first-order valence-corrected chi connectivity index (χ1v) is 37.9. The van der Waals surface area contributed by atoms with Gasteiger partial charge >= 0.3 is 53.8 Å². The number of nitro benzene ring substituents is 1. The molecule has 4 aromatic carbocycles. The second-order valence-corrected chi connectivity index (χ2v) is 28.0. The molecule has 1 aliphatic rings. The van der Waals surface area contributed by atoms with Gasteiger partial charge in [0.15, 0.2) is 0 Å². The Morgan fingerprint density at radius 3 is 1.28 bits per heavy atom. The lowest BCUT2D eigenvalue weighted by Crippen LogP contribution is -2.59. The van der Waals surface area contributed by atoms with Crippen LogP contribution in [0.5, 0.6) is 5.75 Å².